The van der Waals surface area contributed by atoms with Gasteiger partial charge in [-0.1, -0.05) is 0 Å². The second-order valence-electron chi connectivity index (χ2n) is 3.60. The quantitative estimate of drug-likeness (QED) is 0.918. The molecule has 0 amide bonds. The Kier molecular flexibility index (Phi) is 3.40. The van der Waals surface area contributed by atoms with Crippen LogP contribution in [0.15, 0.2) is 22.8 Å². The molecule has 0 aromatic carbocycles. The first-order valence-electron chi connectivity index (χ1n) is 5.14. The fourth-order valence-electron chi connectivity index (χ4n) is 1.45. The fraction of sp³-hybridized carbons (Fsp3) is 0.400. The molecule has 0 aliphatic rings. The van der Waals surface area contributed by atoms with Gasteiger partial charge in [-0.2, -0.15) is 4.98 Å². The Morgan fingerprint density at radius 1 is 1.56 bits per heavy atom. The largest absolute Gasteiger partial charge is 0.343 e. The van der Waals surface area contributed by atoms with E-state index in [4.69, 9.17) is 5.73 Å². The number of rotatable bonds is 4. The van der Waals surface area contributed by atoms with E-state index in [2.05, 4.69) is 26.0 Å². The van der Waals surface area contributed by atoms with Crippen molar-refractivity contribution >= 4 is 27.5 Å². The van der Waals surface area contributed by atoms with E-state index in [9.17, 15) is 0 Å². The van der Waals surface area contributed by atoms with Crippen LogP contribution in [0.5, 0.6) is 0 Å². The monoisotopic (exact) mass is 283 g/mol. The van der Waals surface area contributed by atoms with Crippen molar-refractivity contribution in [3.63, 3.8) is 0 Å². The molecule has 2 N–H and O–H groups in total. The average Bonchev–Trinajstić information content (AvgIpc) is 2.71. The van der Waals surface area contributed by atoms with E-state index in [1.54, 1.807) is 4.52 Å². The molecule has 0 spiro atoms. The van der Waals surface area contributed by atoms with E-state index < -0.39 is 0 Å². The first-order chi connectivity index (χ1) is 7.72. The van der Waals surface area contributed by atoms with E-state index in [-0.39, 0.29) is 0 Å². The van der Waals surface area contributed by atoms with Crippen LogP contribution in [0, 0.1) is 0 Å². The van der Waals surface area contributed by atoms with Gasteiger partial charge >= 0.3 is 0 Å². The molecule has 2 heterocycles. The molecule has 0 unspecified atom stereocenters. The number of anilines is 1. The smallest absolute Gasteiger partial charge is 0.245 e. The molecule has 0 aliphatic carbocycles. The minimum Gasteiger partial charge on any atom is -0.343 e. The molecule has 0 fully saturated rings. The van der Waals surface area contributed by atoms with Crippen molar-refractivity contribution in [1.29, 1.82) is 0 Å². The van der Waals surface area contributed by atoms with Crippen molar-refractivity contribution in [3.8, 4) is 0 Å². The lowest BCUT2D eigenvalue weighted by Gasteiger charge is -2.12. The molecule has 0 saturated carbocycles. The van der Waals surface area contributed by atoms with Crippen LogP contribution in [0.25, 0.3) is 5.65 Å². The van der Waals surface area contributed by atoms with Crippen LogP contribution < -0.4 is 10.6 Å². The highest BCUT2D eigenvalue weighted by atomic mass is 79.9. The van der Waals surface area contributed by atoms with Crippen molar-refractivity contribution in [2.24, 2.45) is 5.73 Å². The van der Waals surface area contributed by atoms with Crippen LogP contribution in [0.3, 0.4) is 0 Å². The predicted molar refractivity (Wildman–Crippen MR) is 67.6 cm³/mol. The minimum absolute atomic E-state index is 0.682. The van der Waals surface area contributed by atoms with E-state index in [1.807, 2.05) is 30.3 Å². The number of halogens is 1. The average molecular weight is 284 g/mol. The van der Waals surface area contributed by atoms with Crippen LogP contribution in [0.2, 0.25) is 0 Å². The standard InChI is InChI=1S/C10H14BrN5/c1-15(6-3-5-12)10-13-9-8(11)4-2-7-16(9)14-10/h2,4,7H,3,5-6,12H2,1H3. The van der Waals surface area contributed by atoms with Crippen molar-refractivity contribution in [3.05, 3.63) is 22.8 Å². The Bertz CT molecular complexity index is 481. The molecule has 0 atom stereocenters. The van der Waals surface area contributed by atoms with E-state index in [0.29, 0.717) is 6.54 Å². The Labute approximate surface area is 102 Å². The summed E-state index contributed by atoms with van der Waals surface area (Å²) >= 11 is 3.45. The minimum atomic E-state index is 0.682. The summed E-state index contributed by atoms with van der Waals surface area (Å²) in [6.07, 6.45) is 2.82. The van der Waals surface area contributed by atoms with Crippen LogP contribution in [-0.2, 0) is 0 Å². The summed E-state index contributed by atoms with van der Waals surface area (Å²) in [4.78, 5) is 6.46. The lowest BCUT2D eigenvalue weighted by Crippen LogP contribution is -2.22. The van der Waals surface area contributed by atoms with E-state index in [1.165, 1.54) is 0 Å². The predicted octanol–water partition coefficient (Wildman–Crippen LogP) is 1.28. The zero-order valence-electron chi connectivity index (χ0n) is 9.10. The number of hydrogen-bond donors (Lipinski definition) is 1. The Balaban J connectivity index is 2.29. The van der Waals surface area contributed by atoms with Crippen LogP contribution in [0.4, 0.5) is 5.95 Å². The van der Waals surface area contributed by atoms with E-state index >= 15 is 0 Å². The number of nitrogens with zero attached hydrogens (tertiary/aromatic N) is 4. The maximum absolute atomic E-state index is 5.47. The second kappa shape index (κ2) is 4.80. The Morgan fingerprint density at radius 3 is 3.06 bits per heavy atom. The lowest BCUT2D eigenvalue weighted by molar-refractivity contribution is 0.772. The zero-order valence-corrected chi connectivity index (χ0v) is 10.7. The summed E-state index contributed by atoms with van der Waals surface area (Å²) in [5.41, 5.74) is 6.30. The molecular weight excluding hydrogens is 270 g/mol. The third-order valence-electron chi connectivity index (χ3n) is 2.34. The molecular formula is C10H14BrN5. The van der Waals surface area contributed by atoms with Crippen molar-refractivity contribution < 1.29 is 0 Å². The maximum Gasteiger partial charge on any atom is 0.245 e. The molecule has 2 rings (SSSR count). The van der Waals surface area contributed by atoms with Gasteiger partial charge in [0.05, 0.1) is 4.47 Å². The summed E-state index contributed by atoms with van der Waals surface area (Å²) in [5.74, 6) is 0.723. The van der Waals surface area contributed by atoms with Gasteiger partial charge < -0.3 is 10.6 Å². The second-order valence-corrected chi connectivity index (χ2v) is 4.45. The highest BCUT2D eigenvalue weighted by Gasteiger charge is 2.09. The maximum atomic E-state index is 5.47. The number of fused-ring (bicyclic) bond motifs is 1. The van der Waals surface area contributed by atoms with Gasteiger partial charge in [-0.05, 0) is 41.0 Å². The molecule has 0 aliphatic heterocycles. The van der Waals surface area contributed by atoms with Gasteiger partial charge in [0.2, 0.25) is 5.95 Å². The van der Waals surface area contributed by atoms with Gasteiger partial charge in [0.15, 0.2) is 5.65 Å². The Hall–Kier alpha value is -1.14. The molecule has 6 heteroatoms. The first-order valence-corrected chi connectivity index (χ1v) is 5.94. The van der Waals surface area contributed by atoms with Gasteiger partial charge in [0.1, 0.15) is 0 Å². The van der Waals surface area contributed by atoms with Crippen molar-refractivity contribution in [2.45, 2.75) is 6.42 Å². The summed E-state index contributed by atoms with van der Waals surface area (Å²) in [6.45, 7) is 1.55. The molecule has 2 aromatic rings. The SMILES string of the molecule is CN(CCCN)c1nc2c(Br)cccn2n1. The summed E-state index contributed by atoms with van der Waals surface area (Å²) < 4.78 is 2.71. The first kappa shape index (κ1) is 11.3. The molecule has 0 saturated heterocycles. The number of pyridine rings is 1. The topological polar surface area (TPSA) is 59.5 Å². The van der Waals surface area contributed by atoms with Crippen molar-refractivity contribution in [1.82, 2.24) is 14.6 Å². The summed E-state index contributed by atoms with van der Waals surface area (Å²) in [5, 5.41) is 4.39. The molecule has 0 radical (unpaired) electrons. The molecule has 5 nitrogen and oxygen atoms in total. The lowest BCUT2D eigenvalue weighted by atomic mass is 10.4. The number of hydrogen-bond acceptors (Lipinski definition) is 4. The molecule has 2 aromatic heterocycles. The summed E-state index contributed by atoms with van der Waals surface area (Å²) in [7, 11) is 1.97. The van der Waals surface area contributed by atoms with Gasteiger partial charge in [0.25, 0.3) is 0 Å². The number of aromatic nitrogens is 3. The third kappa shape index (κ3) is 2.17. The molecule has 0 bridgehead atoms. The van der Waals surface area contributed by atoms with E-state index in [0.717, 1.165) is 29.0 Å². The van der Waals surface area contributed by atoms with Crippen LogP contribution in [-0.4, -0.2) is 34.7 Å². The zero-order chi connectivity index (χ0) is 11.5. The van der Waals surface area contributed by atoms with Crippen molar-refractivity contribution in [2.75, 3.05) is 25.0 Å². The Morgan fingerprint density at radius 2 is 2.38 bits per heavy atom. The number of nitrogens with two attached hydrogens (primary N) is 1. The highest BCUT2D eigenvalue weighted by molar-refractivity contribution is 9.10. The highest BCUT2D eigenvalue weighted by Crippen LogP contribution is 2.18. The van der Waals surface area contributed by atoms with Gasteiger partial charge in [-0.15, -0.1) is 5.10 Å². The molecule has 86 valence electrons. The van der Waals surface area contributed by atoms with Crippen LogP contribution >= 0.6 is 15.9 Å². The van der Waals surface area contributed by atoms with Gasteiger partial charge in [-0.25, -0.2) is 4.52 Å². The van der Waals surface area contributed by atoms with Gasteiger partial charge in [-0.3, -0.25) is 0 Å². The summed E-state index contributed by atoms with van der Waals surface area (Å²) in [6, 6.07) is 3.88. The fourth-order valence-corrected chi connectivity index (χ4v) is 1.88. The normalized spacial score (nSPS) is 10.9. The van der Waals surface area contributed by atoms with Crippen LogP contribution in [0.1, 0.15) is 6.42 Å². The molecule has 16 heavy (non-hydrogen) atoms. The van der Waals surface area contributed by atoms with Gasteiger partial charge in [0, 0.05) is 19.8 Å². The third-order valence-corrected chi connectivity index (χ3v) is 2.96.